The lowest BCUT2D eigenvalue weighted by Crippen LogP contribution is -2.25. The van der Waals surface area contributed by atoms with Gasteiger partial charge in [0.05, 0.1) is 7.11 Å². The molecule has 0 N–H and O–H groups in total. The Bertz CT molecular complexity index is 799. The highest BCUT2D eigenvalue weighted by atomic mass is 31.2. The van der Waals surface area contributed by atoms with Gasteiger partial charge in [-0.05, 0) is 30.7 Å². The third-order valence-corrected chi connectivity index (χ3v) is 7.04. The minimum absolute atomic E-state index is 0.807. The molecule has 0 amide bonds. The molecule has 0 fully saturated rings. The molecular weight excluding hydrogens is 303 g/mol. The summed E-state index contributed by atoms with van der Waals surface area (Å²) >= 11 is 0. The minimum atomic E-state index is -2.89. The summed E-state index contributed by atoms with van der Waals surface area (Å²) in [6.07, 6.45) is 0. The molecule has 0 saturated carbocycles. The second kappa shape index (κ2) is 6.44. The monoisotopic (exact) mass is 322 g/mol. The minimum Gasteiger partial charge on any atom is -0.496 e. The van der Waals surface area contributed by atoms with Gasteiger partial charge in [0, 0.05) is 15.9 Å². The number of aryl methyl sites for hydroxylation is 1. The summed E-state index contributed by atoms with van der Waals surface area (Å²) in [6.45, 7) is 1.97. The summed E-state index contributed by atoms with van der Waals surface area (Å²) in [5.41, 5.74) is 0.983. The first-order valence-electron chi connectivity index (χ1n) is 7.53. The van der Waals surface area contributed by atoms with Gasteiger partial charge in [-0.15, -0.1) is 0 Å². The van der Waals surface area contributed by atoms with Crippen LogP contribution in [0.2, 0.25) is 0 Å². The van der Waals surface area contributed by atoms with Gasteiger partial charge in [0.15, 0.2) is 7.14 Å². The molecule has 0 bridgehead atoms. The number of hydrogen-bond donors (Lipinski definition) is 0. The van der Waals surface area contributed by atoms with E-state index < -0.39 is 7.14 Å². The molecule has 3 heteroatoms. The van der Waals surface area contributed by atoms with Crippen molar-refractivity contribution in [2.45, 2.75) is 6.92 Å². The van der Waals surface area contributed by atoms with Crippen molar-refractivity contribution in [3.05, 3.63) is 84.4 Å². The Balaban J connectivity index is 2.25. The molecule has 0 saturated heterocycles. The second-order valence-electron chi connectivity index (χ2n) is 5.43. The number of benzene rings is 3. The number of ether oxygens (including phenoxy) is 1. The highest BCUT2D eigenvalue weighted by molar-refractivity contribution is 7.85. The van der Waals surface area contributed by atoms with Crippen molar-refractivity contribution in [2.75, 3.05) is 7.11 Å². The predicted octanol–water partition coefficient (Wildman–Crippen LogP) is 3.64. The zero-order chi connectivity index (χ0) is 16.3. The average Bonchev–Trinajstić information content (AvgIpc) is 2.62. The van der Waals surface area contributed by atoms with Gasteiger partial charge in [-0.3, -0.25) is 0 Å². The summed E-state index contributed by atoms with van der Waals surface area (Å²) < 4.78 is 19.5. The molecular formula is C20H19O2P. The summed E-state index contributed by atoms with van der Waals surface area (Å²) in [7, 11) is -1.24. The molecule has 3 aromatic carbocycles. The molecule has 0 heterocycles. The molecule has 0 aromatic heterocycles. The second-order valence-corrected chi connectivity index (χ2v) is 8.20. The van der Waals surface area contributed by atoms with Crippen molar-refractivity contribution < 1.29 is 9.30 Å². The van der Waals surface area contributed by atoms with Gasteiger partial charge in [0.1, 0.15) is 5.75 Å². The third-order valence-electron chi connectivity index (χ3n) is 3.98. The Morgan fingerprint density at radius 1 is 0.739 bits per heavy atom. The van der Waals surface area contributed by atoms with E-state index in [0.717, 1.165) is 27.2 Å². The van der Waals surface area contributed by atoms with E-state index in [0.29, 0.717) is 0 Å². The molecule has 23 heavy (non-hydrogen) atoms. The van der Waals surface area contributed by atoms with Crippen LogP contribution in [0, 0.1) is 6.92 Å². The lowest BCUT2D eigenvalue weighted by Gasteiger charge is -2.21. The average molecular weight is 322 g/mol. The van der Waals surface area contributed by atoms with Crippen LogP contribution in [0.3, 0.4) is 0 Å². The van der Waals surface area contributed by atoms with Crippen LogP contribution < -0.4 is 20.7 Å². The van der Waals surface area contributed by atoms with E-state index in [1.54, 1.807) is 7.11 Å². The van der Waals surface area contributed by atoms with Gasteiger partial charge in [-0.2, -0.15) is 0 Å². The van der Waals surface area contributed by atoms with E-state index >= 15 is 0 Å². The smallest absolute Gasteiger partial charge is 0.171 e. The van der Waals surface area contributed by atoms with Gasteiger partial charge < -0.3 is 9.30 Å². The van der Waals surface area contributed by atoms with Crippen LogP contribution in [-0.2, 0) is 4.57 Å². The maximum absolute atomic E-state index is 14.1. The van der Waals surface area contributed by atoms with E-state index in [1.165, 1.54) is 0 Å². The van der Waals surface area contributed by atoms with E-state index in [-0.39, 0.29) is 0 Å². The number of methoxy groups -OCH3 is 1. The third kappa shape index (κ3) is 2.83. The fraction of sp³-hybridized carbons (Fsp3) is 0.100. The predicted molar refractivity (Wildman–Crippen MR) is 97.1 cm³/mol. The van der Waals surface area contributed by atoms with Crippen LogP contribution in [0.25, 0.3) is 0 Å². The van der Waals surface area contributed by atoms with Crippen LogP contribution >= 0.6 is 7.14 Å². The maximum Gasteiger partial charge on any atom is 0.171 e. The molecule has 0 radical (unpaired) electrons. The zero-order valence-corrected chi connectivity index (χ0v) is 14.2. The molecule has 3 aromatic rings. The molecule has 0 spiro atoms. The van der Waals surface area contributed by atoms with E-state index in [2.05, 4.69) is 0 Å². The molecule has 0 aliphatic carbocycles. The van der Waals surface area contributed by atoms with E-state index in [4.69, 9.17) is 4.74 Å². The van der Waals surface area contributed by atoms with Gasteiger partial charge in [0.2, 0.25) is 0 Å². The Hall–Kier alpha value is -2.31. The Kier molecular flexibility index (Phi) is 4.36. The summed E-state index contributed by atoms with van der Waals surface area (Å²) in [5, 5.41) is 2.51. The Morgan fingerprint density at radius 3 is 1.70 bits per heavy atom. The lowest BCUT2D eigenvalue weighted by atomic mass is 10.2. The molecule has 0 aliphatic rings. The van der Waals surface area contributed by atoms with Crippen LogP contribution in [0.15, 0.2) is 78.9 Å². The Morgan fingerprint density at radius 2 is 1.26 bits per heavy atom. The molecule has 0 aliphatic heterocycles. The fourth-order valence-corrected chi connectivity index (χ4v) is 5.52. The Labute approximate surface area is 137 Å². The van der Waals surface area contributed by atoms with Crippen molar-refractivity contribution >= 4 is 23.1 Å². The van der Waals surface area contributed by atoms with Gasteiger partial charge >= 0.3 is 0 Å². The van der Waals surface area contributed by atoms with Gasteiger partial charge in [-0.25, -0.2) is 0 Å². The van der Waals surface area contributed by atoms with E-state index in [1.807, 2.05) is 85.8 Å². The summed E-state index contributed by atoms with van der Waals surface area (Å²) in [4.78, 5) is 0. The molecule has 3 rings (SSSR count). The van der Waals surface area contributed by atoms with Crippen LogP contribution in [0.1, 0.15) is 5.56 Å². The van der Waals surface area contributed by atoms with Crippen LogP contribution in [0.4, 0.5) is 0 Å². The van der Waals surface area contributed by atoms with Crippen LogP contribution in [-0.4, -0.2) is 7.11 Å². The van der Waals surface area contributed by atoms with Gasteiger partial charge in [-0.1, -0.05) is 60.7 Å². The van der Waals surface area contributed by atoms with Crippen molar-refractivity contribution in [1.29, 1.82) is 0 Å². The topological polar surface area (TPSA) is 26.3 Å². The van der Waals surface area contributed by atoms with Crippen molar-refractivity contribution in [1.82, 2.24) is 0 Å². The van der Waals surface area contributed by atoms with Gasteiger partial charge in [0.25, 0.3) is 0 Å². The van der Waals surface area contributed by atoms with Crippen molar-refractivity contribution in [3.8, 4) is 5.75 Å². The first-order valence-corrected chi connectivity index (χ1v) is 9.23. The standard InChI is InChI=1S/C20H19O2P/c1-16-15-19(13-14-20(16)22-2)23(21,17-9-5-3-6-10-17)18-11-7-4-8-12-18/h3-15H,1-2H3. The maximum atomic E-state index is 14.1. The fourth-order valence-electron chi connectivity index (χ4n) is 2.78. The largest absolute Gasteiger partial charge is 0.496 e. The zero-order valence-electron chi connectivity index (χ0n) is 13.3. The molecule has 2 nitrogen and oxygen atoms in total. The highest BCUT2D eigenvalue weighted by Gasteiger charge is 2.29. The highest BCUT2D eigenvalue weighted by Crippen LogP contribution is 2.42. The number of hydrogen-bond acceptors (Lipinski definition) is 2. The SMILES string of the molecule is COc1ccc(P(=O)(c2ccccc2)c2ccccc2)cc1C. The lowest BCUT2D eigenvalue weighted by molar-refractivity contribution is 0.412. The molecule has 0 unspecified atom stereocenters. The summed E-state index contributed by atoms with van der Waals surface area (Å²) in [5.74, 6) is 0.807. The quantitative estimate of drug-likeness (QED) is 0.686. The summed E-state index contributed by atoms with van der Waals surface area (Å²) in [6, 6.07) is 25.1. The van der Waals surface area contributed by atoms with Crippen LogP contribution in [0.5, 0.6) is 5.75 Å². The first-order chi connectivity index (χ1) is 11.2. The first kappa shape index (κ1) is 15.6. The molecule has 0 atom stereocenters. The van der Waals surface area contributed by atoms with Crippen molar-refractivity contribution in [2.24, 2.45) is 0 Å². The number of rotatable bonds is 4. The normalized spacial score (nSPS) is 11.2. The van der Waals surface area contributed by atoms with E-state index in [9.17, 15) is 4.57 Å². The van der Waals surface area contributed by atoms with Crippen molar-refractivity contribution in [3.63, 3.8) is 0 Å². The molecule has 116 valence electrons.